The first-order valence-corrected chi connectivity index (χ1v) is 10.1. The van der Waals surface area contributed by atoms with E-state index in [1.54, 1.807) is 30.3 Å². The number of thiophene rings is 1. The van der Waals surface area contributed by atoms with Gasteiger partial charge in [0.1, 0.15) is 22.4 Å². The van der Waals surface area contributed by atoms with Crippen LogP contribution in [0, 0.1) is 25.2 Å². The highest BCUT2D eigenvalue weighted by atomic mass is 35.5. The summed E-state index contributed by atoms with van der Waals surface area (Å²) in [5, 5.41) is 11.2. The number of H-pyrrole nitrogens is 1. The first-order chi connectivity index (χ1) is 13.9. The van der Waals surface area contributed by atoms with Crippen LogP contribution in [0.3, 0.4) is 0 Å². The molecule has 8 heteroatoms. The third kappa shape index (κ3) is 3.60. The largest absolute Gasteiger partial charge is 0.457 e. The van der Waals surface area contributed by atoms with E-state index in [2.05, 4.69) is 16.0 Å². The summed E-state index contributed by atoms with van der Waals surface area (Å²) >= 11 is 13.7. The lowest BCUT2D eigenvalue weighted by Crippen LogP contribution is -2.10. The van der Waals surface area contributed by atoms with Gasteiger partial charge in [0.25, 0.3) is 5.56 Å². The van der Waals surface area contributed by atoms with Gasteiger partial charge in [-0.3, -0.25) is 4.79 Å². The Hall–Kier alpha value is -2.85. The molecule has 1 N–H and O–H groups in total. The Bertz CT molecular complexity index is 1390. The Morgan fingerprint density at radius 3 is 2.83 bits per heavy atom. The normalized spacial score (nSPS) is 11.8. The molecule has 4 rings (SSSR count). The van der Waals surface area contributed by atoms with Crippen LogP contribution in [0.1, 0.15) is 22.0 Å². The number of aryl methyl sites for hydroxylation is 2. The first kappa shape index (κ1) is 19.5. The van der Waals surface area contributed by atoms with Crippen LogP contribution in [0.2, 0.25) is 10.0 Å². The summed E-state index contributed by atoms with van der Waals surface area (Å²) in [6.45, 7) is 3.82. The van der Waals surface area contributed by atoms with Gasteiger partial charge in [-0.1, -0.05) is 23.2 Å². The van der Waals surface area contributed by atoms with Crippen molar-refractivity contribution in [2.24, 2.45) is 0 Å². The molecule has 0 spiro atoms. The van der Waals surface area contributed by atoms with Gasteiger partial charge in [-0.2, -0.15) is 5.26 Å². The number of aromatic amines is 1. The molecule has 3 heterocycles. The molecule has 0 aliphatic carbocycles. The van der Waals surface area contributed by atoms with Crippen LogP contribution in [-0.2, 0) is 0 Å². The molecule has 0 saturated carbocycles. The number of fused-ring (bicyclic) bond motifs is 1. The Morgan fingerprint density at radius 1 is 1.28 bits per heavy atom. The average molecular weight is 442 g/mol. The second-order valence-corrected chi connectivity index (χ2v) is 8.42. The van der Waals surface area contributed by atoms with E-state index < -0.39 is 0 Å². The highest BCUT2D eigenvalue weighted by molar-refractivity contribution is 7.18. The van der Waals surface area contributed by atoms with E-state index in [1.807, 2.05) is 13.8 Å². The van der Waals surface area contributed by atoms with Crippen molar-refractivity contribution in [3.8, 4) is 17.4 Å². The number of nitriles is 1. The lowest BCUT2D eigenvalue weighted by Gasteiger charge is -2.01. The van der Waals surface area contributed by atoms with E-state index >= 15 is 0 Å². The van der Waals surface area contributed by atoms with Crippen molar-refractivity contribution in [3.63, 3.8) is 0 Å². The third-order valence-electron chi connectivity index (χ3n) is 4.52. The van der Waals surface area contributed by atoms with Gasteiger partial charge in [-0.05, 0) is 49.7 Å². The minimum absolute atomic E-state index is 0.186. The molecule has 0 aliphatic rings. The molecule has 0 aliphatic heterocycles. The van der Waals surface area contributed by atoms with Crippen LogP contribution in [0.25, 0.3) is 33.2 Å². The van der Waals surface area contributed by atoms with Crippen LogP contribution in [0.4, 0.5) is 0 Å². The van der Waals surface area contributed by atoms with Gasteiger partial charge in [-0.15, -0.1) is 11.3 Å². The van der Waals surface area contributed by atoms with Crippen molar-refractivity contribution in [2.75, 3.05) is 0 Å². The molecule has 0 unspecified atom stereocenters. The number of hydrogen-bond donors (Lipinski definition) is 1. The van der Waals surface area contributed by atoms with Crippen molar-refractivity contribution in [2.45, 2.75) is 13.8 Å². The van der Waals surface area contributed by atoms with Gasteiger partial charge in [0.2, 0.25) is 0 Å². The van der Waals surface area contributed by atoms with Crippen LogP contribution in [0.15, 0.2) is 39.5 Å². The molecule has 0 atom stereocenters. The summed E-state index contributed by atoms with van der Waals surface area (Å²) in [6, 6.07) is 10.6. The van der Waals surface area contributed by atoms with E-state index in [0.29, 0.717) is 37.3 Å². The summed E-state index contributed by atoms with van der Waals surface area (Å²) in [5.74, 6) is 1.14. The van der Waals surface area contributed by atoms with Gasteiger partial charge >= 0.3 is 0 Å². The highest BCUT2D eigenvalue weighted by Gasteiger charge is 2.15. The van der Waals surface area contributed by atoms with Crippen molar-refractivity contribution in [1.82, 2.24) is 9.97 Å². The summed E-state index contributed by atoms with van der Waals surface area (Å²) in [6.07, 6.45) is 1.53. The molecule has 1 aromatic carbocycles. The summed E-state index contributed by atoms with van der Waals surface area (Å²) in [7, 11) is 0. The molecule has 0 saturated heterocycles. The predicted molar refractivity (Wildman–Crippen MR) is 117 cm³/mol. The Balaban J connectivity index is 1.77. The van der Waals surface area contributed by atoms with Crippen LogP contribution >= 0.6 is 34.5 Å². The van der Waals surface area contributed by atoms with Gasteiger partial charge in [0.15, 0.2) is 5.82 Å². The van der Waals surface area contributed by atoms with Crippen LogP contribution in [0.5, 0.6) is 0 Å². The predicted octanol–water partition coefficient (Wildman–Crippen LogP) is 6.23. The van der Waals surface area contributed by atoms with Gasteiger partial charge < -0.3 is 9.40 Å². The van der Waals surface area contributed by atoms with Crippen molar-refractivity contribution in [1.29, 1.82) is 5.26 Å². The maximum atomic E-state index is 12.5. The monoisotopic (exact) mass is 441 g/mol. The molecule has 0 fully saturated rings. The lowest BCUT2D eigenvalue weighted by molar-refractivity contribution is 0.572. The summed E-state index contributed by atoms with van der Waals surface area (Å²) in [4.78, 5) is 21.3. The molecule has 0 bridgehead atoms. The molecule has 5 nitrogen and oxygen atoms in total. The number of furan rings is 1. The number of aromatic nitrogens is 2. The lowest BCUT2D eigenvalue weighted by atomic mass is 10.2. The molecule has 0 amide bonds. The number of nitrogens with one attached hydrogen (secondary N) is 1. The number of allylic oxidation sites excluding steroid dienone is 1. The van der Waals surface area contributed by atoms with Crippen molar-refractivity contribution < 1.29 is 4.42 Å². The smallest absolute Gasteiger partial charge is 0.260 e. The van der Waals surface area contributed by atoms with Crippen LogP contribution < -0.4 is 5.56 Å². The van der Waals surface area contributed by atoms with Crippen molar-refractivity contribution >= 4 is 56.4 Å². The number of halogens is 2. The fraction of sp³-hybridized carbons (Fsp3) is 0.0952. The van der Waals surface area contributed by atoms with E-state index in [0.717, 1.165) is 10.4 Å². The quantitative estimate of drug-likeness (QED) is 0.381. The average Bonchev–Trinajstić information content (AvgIpc) is 3.26. The van der Waals surface area contributed by atoms with Crippen LogP contribution in [-0.4, -0.2) is 9.97 Å². The minimum Gasteiger partial charge on any atom is -0.457 e. The molecular formula is C21H13Cl2N3O2S. The summed E-state index contributed by atoms with van der Waals surface area (Å²) < 4.78 is 5.81. The molecule has 144 valence electrons. The molecule has 4 aromatic rings. The zero-order valence-electron chi connectivity index (χ0n) is 15.3. The van der Waals surface area contributed by atoms with E-state index in [1.165, 1.54) is 17.4 Å². The van der Waals surface area contributed by atoms with Gasteiger partial charge in [0.05, 0.1) is 16.0 Å². The molecule has 3 aromatic heterocycles. The zero-order valence-corrected chi connectivity index (χ0v) is 17.7. The fourth-order valence-electron chi connectivity index (χ4n) is 2.94. The molecule has 29 heavy (non-hydrogen) atoms. The first-order valence-electron chi connectivity index (χ1n) is 8.55. The standard InChI is InChI=1S/C21H13Cl2N3O2S/c1-10-11(2)29-21-18(10)20(27)25-19(26-21)12(9-24)7-14-4-6-17(28-14)15-8-13(22)3-5-16(15)23/h3-8H,1-2H3,(H,25,26,27)/b12-7+. The van der Waals surface area contributed by atoms with E-state index in [-0.39, 0.29) is 17.0 Å². The number of rotatable bonds is 3. The van der Waals surface area contributed by atoms with Crippen molar-refractivity contribution in [3.05, 3.63) is 72.8 Å². The summed E-state index contributed by atoms with van der Waals surface area (Å²) in [5.41, 5.74) is 1.47. The fourth-order valence-corrected chi connectivity index (χ4v) is 4.35. The topological polar surface area (TPSA) is 82.7 Å². The zero-order chi connectivity index (χ0) is 20.7. The molecular weight excluding hydrogens is 429 g/mol. The number of hydrogen-bond acceptors (Lipinski definition) is 5. The Morgan fingerprint density at radius 2 is 2.07 bits per heavy atom. The highest BCUT2D eigenvalue weighted by Crippen LogP contribution is 2.33. The minimum atomic E-state index is -0.265. The Kier molecular flexibility index (Phi) is 5.05. The van der Waals surface area contributed by atoms with E-state index in [9.17, 15) is 10.1 Å². The Labute approximate surface area is 179 Å². The third-order valence-corrected chi connectivity index (χ3v) is 6.19. The van der Waals surface area contributed by atoms with Gasteiger partial charge in [0, 0.05) is 21.5 Å². The van der Waals surface area contributed by atoms with Gasteiger partial charge in [-0.25, -0.2) is 4.98 Å². The molecule has 0 radical (unpaired) electrons. The van der Waals surface area contributed by atoms with E-state index in [4.69, 9.17) is 27.6 Å². The SMILES string of the molecule is Cc1sc2nc(/C(C#N)=C/c3ccc(-c4cc(Cl)ccc4Cl)o3)[nH]c(=O)c2c1C. The second kappa shape index (κ2) is 7.53. The maximum Gasteiger partial charge on any atom is 0.260 e. The second-order valence-electron chi connectivity index (χ2n) is 6.37. The number of nitrogens with zero attached hydrogens (tertiary/aromatic N) is 2. The number of benzene rings is 1. The maximum absolute atomic E-state index is 12.5.